The van der Waals surface area contributed by atoms with Gasteiger partial charge in [-0.25, -0.2) is 4.57 Å². The number of hydrogen-bond donors (Lipinski definition) is 3. The van der Waals surface area contributed by atoms with Crippen LogP contribution in [0.3, 0.4) is 0 Å². The van der Waals surface area contributed by atoms with Crippen LogP contribution in [0.5, 0.6) is 0 Å². The van der Waals surface area contributed by atoms with Crippen LogP contribution in [0.1, 0.15) is 0 Å². The molecule has 4 nitrogen and oxygen atoms in total. The van der Waals surface area contributed by atoms with Crippen LogP contribution in [-0.4, -0.2) is 44.2 Å². The normalized spacial score (nSPS) is 7.38. The zero-order valence-corrected chi connectivity index (χ0v) is 5.85. The third kappa shape index (κ3) is 91.4. The van der Waals surface area contributed by atoms with Gasteiger partial charge in [-0.1, -0.05) is 0 Å². The molecular formula is H4FeNaNiO4P. The molecule has 0 bridgehead atoms. The Kier molecular flexibility index (Phi) is 25.6. The minimum atomic E-state index is -4.64. The predicted octanol–water partition coefficient (Wildman–Crippen LogP) is -1.58. The quantitative estimate of drug-likeness (QED) is 0.350. The van der Waals surface area contributed by atoms with E-state index in [0.717, 1.165) is 0 Å². The molecule has 0 radical (unpaired) electrons. The van der Waals surface area contributed by atoms with Crippen LogP contribution < -0.4 is 0 Å². The van der Waals surface area contributed by atoms with Crippen molar-refractivity contribution in [3.63, 3.8) is 0 Å². The first-order chi connectivity index (χ1) is 2.00. The van der Waals surface area contributed by atoms with Crippen molar-refractivity contribution in [1.82, 2.24) is 0 Å². The Morgan fingerprint density at radius 1 is 1.12 bits per heavy atom. The number of hydrogen-bond acceptors (Lipinski definition) is 1. The van der Waals surface area contributed by atoms with Gasteiger partial charge in [-0.15, -0.1) is 0 Å². The van der Waals surface area contributed by atoms with Crippen LogP contribution in [0, 0.1) is 0 Å². The zero-order chi connectivity index (χ0) is 4.50. The van der Waals surface area contributed by atoms with Crippen molar-refractivity contribution in [3.05, 3.63) is 0 Å². The minimum absolute atomic E-state index is 0. The second kappa shape index (κ2) is 9.12. The third-order valence-corrected chi connectivity index (χ3v) is 0. The number of rotatable bonds is 0. The smallest absolute Gasteiger partial charge is 0 e. The van der Waals surface area contributed by atoms with Gasteiger partial charge < -0.3 is 14.7 Å². The van der Waals surface area contributed by atoms with E-state index in [-0.39, 0.29) is 63.1 Å². The topological polar surface area (TPSA) is 77.8 Å². The van der Waals surface area contributed by atoms with E-state index in [1.165, 1.54) is 0 Å². The molecule has 0 aliphatic carbocycles. The van der Waals surface area contributed by atoms with E-state index >= 15 is 0 Å². The van der Waals surface area contributed by atoms with E-state index in [1.807, 2.05) is 0 Å². The van der Waals surface area contributed by atoms with Gasteiger partial charge >= 0.3 is 37.4 Å². The number of phosphoric acid groups is 1. The minimum Gasteiger partial charge on any atom is 0 e. The Labute approximate surface area is 89.4 Å². The fraction of sp³-hybridized carbons (Fsp3) is 0. The van der Waals surface area contributed by atoms with E-state index in [2.05, 4.69) is 0 Å². The molecule has 0 fully saturated rings. The first-order valence-electron chi connectivity index (χ1n) is 0.783. The molecule has 0 heterocycles. The SMILES string of the molecule is O=P(O)(O)O.[Fe].[NaH].[Ni]. The summed E-state index contributed by atoms with van der Waals surface area (Å²) >= 11 is 0. The maximum absolute atomic E-state index is 8.88. The fourth-order valence-corrected chi connectivity index (χ4v) is 0. The summed E-state index contributed by atoms with van der Waals surface area (Å²) in [6.45, 7) is 0. The summed E-state index contributed by atoms with van der Waals surface area (Å²) in [6.07, 6.45) is 0. The maximum atomic E-state index is 8.88. The van der Waals surface area contributed by atoms with Crippen molar-refractivity contribution in [1.29, 1.82) is 0 Å². The van der Waals surface area contributed by atoms with Crippen molar-refractivity contribution in [2.75, 3.05) is 0 Å². The van der Waals surface area contributed by atoms with Crippen LogP contribution in [0.15, 0.2) is 0 Å². The first kappa shape index (κ1) is 22.5. The summed E-state index contributed by atoms with van der Waals surface area (Å²) in [7, 11) is -4.64. The van der Waals surface area contributed by atoms with Crippen LogP contribution in [0.25, 0.3) is 0 Å². The van der Waals surface area contributed by atoms with Crippen LogP contribution >= 0.6 is 7.82 Å². The van der Waals surface area contributed by atoms with Crippen LogP contribution in [0.2, 0.25) is 0 Å². The van der Waals surface area contributed by atoms with Gasteiger partial charge in [-0.2, -0.15) is 0 Å². The Morgan fingerprint density at radius 2 is 1.12 bits per heavy atom. The molecule has 52 valence electrons. The van der Waals surface area contributed by atoms with Crippen molar-refractivity contribution in [3.8, 4) is 0 Å². The molecule has 8 heavy (non-hydrogen) atoms. The van der Waals surface area contributed by atoms with E-state index in [1.54, 1.807) is 0 Å². The summed E-state index contributed by atoms with van der Waals surface area (Å²) in [5.41, 5.74) is 0. The predicted molar refractivity (Wildman–Crippen MR) is 21.4 cm³/mol. The van der Waals surface area contributed by atoms with Crippen LogP contribution in [0.4, 0.5) is 0 Å². The molecule has 0 aromatic carbocycles. The molecule has 0 aromatic rings. The fourth-order valence-electron chi connectivity index (χ4n) is 0. The Bertz CT molecular complexity index is 62.2. The van der Waals surface area contributed by atoms with Gasteiger partial charge in [-0.3, -0.25) is 0 Å². The monoisotopic (exact) mass is 236 g/mol. The largest absolute Gasteiger partial charge is 0 e. The van der Waals surface area contributed by atoms with Gasteiger partial charge in [0.25, 0.3) is 0 Å². The molecule has 0 aromatic heterocycles. The van der Waals surface area contributed by atoms with Crippen molar-refractivity contribution in [2.45, 2.75) is 0 Å². The molecule has 3 N–H and O–H groups in total. The standard InChI is InChI=1S/Fe.Na.Ni.H3O4P.H/c;;;1-5(2,3)4;/h;;;(H3,1,2,3,4);. The molecule has 0 unspecified atom stereocenters. The van der Waals surface area contributed by atoms with Gasteiger partial charge in [0.2, 0.25) is 0 Å². The summed E-state index contributed by atoms with van der Waals surface area (Å²) in [4.78, 5) is 21.6. The van der Waals surface area contributed by atoms with E-state index in [9.17, 15) is 0 Å². The van der Waals surface area contributed by atoms with Crippen molar-refractivity contribution < 1.29 is 52.8 Å². The first-order valence-corrected chi connectivity index (χ1v) is 2.35. The third-order valence-electron chi connectivity index (χ3n) is 0. The molecule has 0 aliphatic rings. The summed E-state index contributed by atoms with van der Waals surface area (Å²) in [5, 5.41) is 0. The average Bonchev–Trinajstić information content (AvgIpc) is 0.722. The van der Waals surface area contributed by atoms with E-state index in [0.29, 0.717) is 0 Å². The van der Waals surface area contributed by atoms with Crippen molar-refractivity contribution in [2.24, 2.45) is 0 Å². The second-order valence-electron chi connectivity index (χ2n) is 0.513. The van der Waals surface area contributed by atoms with E-state index < -0.39 is 7.82 Å². The summed E-state index contributed by atoms with van der Waals surface area (Å²) < 4.78 is 8.88. The maximum Gasteiger partial charge on any atom is 0 e. The summed E-state index contributed by atoms with van der Waals surface area (Å²) in [5.74, 6) is 0. The Balaban J connectivity index is -0.0000000267. The van der Waals surface area contributed by atoms with Gasteiger partial charge in [0.05, 0.1) is 0 Å². The van der Waals surface area contributed by atoms with Crippen LogP contribution in [-0.2, 0) is 38.1 Å². The second-order valence-corrected chi connectivity index (χ2v) is 1.54. The summed E-state index contributed by atoms with van der Waals surface area (Å²) in [6, 6.07) is 0. The molecule has 0 spiro atoms. The van der Waals surface area contributed by atoms with Gasteiger partial charge in [0.15, 0.2) is 0 Å². The zero-order valence-electron chi connectivity index (χ0n) is 2.87. The molecular weight excluding hydrogens is 232 g/mol. The average molecular weight is 237 g/mol. The molecule has 0 atom stereocenters. The van der Waals surface area contributed by atoms with E-state index in [4.69, 9.17) is 19.2 Å². The molecule has 0 aliphatic heterocycles. The van der Waals surface area contributed by atoms with Crippen molar-refractivity contribution >= 4 is 37.4 Å². The van der Waals surface area contributed by atoms with Gasteiger partial charge in [-0.05, 0) is 0 Å². The molecule has 0 saturated heterocycles. The molecule has 0 rings (SSSR count). The van der Waals surface area contributed by atoms with Gasteiger partial charge in [0, 0.05) is 33.6 Å². The Hall–Kier alpha value is 2.12. The molecule has 0 amide bonds. The van der Waals surface area contributed by atoms with Gasteiger partial charge in [0.1, 0.15) is 0 Å². The Morgan fingerprint density at radius 3 is 1.12 bits per heavy atom. The molecule has 0 saturated carbocycles. The molecule has 8 heteroatoms.